The van der Waals surface area contributed by atoms with E-state index in [9.17, 15) is 4.79 Å². The Kier molecular flexibility index (Phi) is 9.30. The Bertz CT molecular complexity index is 562. The minimum Gasteiger partial charge on any atom is -0.493 e. The van der Waals surface area contributed by atoms with Crippen molar-refractivity contribution in [3.8, 4) is 11.5 Å². The third-order valence-electron chi connectivity index (χ3n) is 4.64. The van der Waals surface area contributed by atoms with Crippen LogP contribution in [0.5, 0.6) is 11.5 Å². The zero-order chi connectivity index (χ0) is 18.5. The van der Waals surface area contributed by atoms with Gasteiger partial charge < -0.3 is 20.1 Å². The molecule has 2 N–H and O–H groups in total. The predicted molar refractivity (Wildman–Crippen MR) is 105 cm³/mol. The maximum atomic E-state index is 12.9. The van der Waals surface area contributed by atoms with Crippen molar-refractivity contribution in [1.82, 2.24) is 4.90 Å². The topological polar surface area (TPSA) is 64.8 Å². The third kappa shape index (κ3) is 5.79. The van der Waals surface area contributed by atoms with Crippen molar-refractivity contribution in [2.75, 3.05) is 27.8 Å². The van der Waals surface area contributed by atoms with E-state index in [-0.39, 0.29) is 24.4 Å². The number of carbonyl (C=O) groups is 1. The van der Waals surface area contributed by atoms with Gasteiger partial charge in [-0.05, 0) is 43.9 Å². The summed E-state index contributed by atoms with van der Waals surface area (Å²) in [5, 5.41) is 0. The van der Waals surface area contributed by atoms with E-state index in [1.807, 2.05) is 39.1 Å². The number of nitrogens with two attached hydrogens (primary N) is 1. The molecule has 0 saturated heterocycles. The van der Waals surface area contributed by atoms with Crippen LogP contribution in [-0.2, 0) is 10.2 Å². The highest BCUT2D eigenvalue weighted by Gasteiger charge is 2.33. The van der Waals surface area contributed by atoms with Crippen molar-refractivity contribution in [3.63, 3.8) is 0 Å². The standard InChI is InChI=1S/C19H32N2O3.ClH/c1-13(2)15(20)10-11-21(5)18(22)19(3,4)14-8-9-16(23-6)17(12-14)24-7;/h8-9,12-13,15H,10-11,20H2,1-7H3;1H. The van der Waals surface area contributed by atoms with Gasteiger partial charge in [0.15, 0.2) is 11.5 Å². The molecule has 1 aromatic rings. The molecule has 1 rings (SSSR count). The number of amides is 1. The van der Waals surface area contributed by atoms with Gasteiger partial charge in [0.2, 0.25) is 5.91 Å². The summed E-state index contributed by atoms with van der Waals surface area (Å²) in [4.78, 5) is 14.7. The monoisotopic (exact) mass is 372 g/mol. The number of nitrogens with zero attached hydrogens (tertiary/aromatic N) is 1. The first-order valence-electron chi connectivity index (χ1n) is 8.38. The highest BCUT2D eigenvalue weighted by molar-refractivity contribution is 5.87. The van der Waals surface area contributed by atoms with Crippen LogP contribution >= 0.6 is 12.4 Å². The Morgan fingerprint density at radius 3 is 2.24 bits per heavy atom. The Hall–Kier alpha value is -1.46. The Morgan fingerprint density at radius 2 is 1.76 bits per heavy atom. The third-order valence-corrected chi connectivity index (χ3v) is 4.64. The highest BCUT2D eigenvalue weighted by atomic mass is 35.5. The van der Waals surface area contributed by atoms with Crippen molar-refractivity contribution in [1.29, 1.82) is 0 Å². The normalized spacial score (nSPS) is 12.4. The maximum absolute atomic E-state index is 12.9. The average molecular weight is 373 g/mol. The molecule has 0 aromatic heterocycles. The molecule has 0 aliphatic heterocycles. The molecule has 0 bridgehead atoms. The molecule has 25 heavy (non-hydrogen) atoms. The quantitative estimate of drug-likeness (QED) is 0.760. The molecule has 0 aliphatic carbocycles. The molecule has 0 radical (unpaired) electrons. The first-order chi connectivity index (χ1) is 11.1. The molecule has 0 fully saturated rings. The van der Waals surface area contributed by atoms with Gasteiger partial charge in [-0.2, -0.15) is 0 Å². The first-order valence-corrected chi connectivity index (χ1v) is 8.38. The SMILES string of the molecule is COc1ccc(C(C)(C)C(=O)N(C)CCC(N)C(C)C)cc1OC.Cl. The predicted octanol–water partition coefficient (Wildman–Crippen LogP) is 3.24. The van der Waals surface area contributed by atoms with Crippen molar-refractivity contribution < 1.29 is 14.3 Å². The fourth-order valence-corrected chi connectivity index (χ4v) is 2.60. The summed E-state index contributed by atoms with van der Waals surface area (Å²) >= 11 is 0. The highest BCUT2D eigenvalue weighted by Crippen LogP contribution is 2.34. The van der Waals surface area contributed by atoms with Crippen molar-refractivity contribution >= 4 is 18.3 Å². The molecule has 144 valence electrons. The van der Waals surface area contributed by atoms with Gasteiger partial charge in [-0.1, -0.05) is 19.9 Å². The fraction of sp³-hybridized carbons (Fsp3) is 0.632. The van der Waals surface area contributed by atoms with Crippen molar-refractivity contribution in [2.45, 2.75) is 45.6 Å². The molecule has 1 aromatic carbocycles. The molecule has 5 nitrogen and oxygen atoms in total. The van der Waals surface area contributed by atoms with E-state index in [1.54, 1.807) is 19.1 Å². The van der Waals surface area contributed by atoms with Gasteiger partial charge in [-0.25, -0.2) is 0 Å². The van der Waals surface area contributed by atoms with E-state index in [1.165, 1.54) is 0 Å². The number of halogens is 1. The van der Waals surface area contributed by atoms with Crippen LogP contribution < -0.4 is 15.2 Å². The first kappa shape index (κ1) is 23.5. The molecule has 0 saturated carbocycles. The van der Waals surface area contributed by atoms with Gasteiger partial charge in [0.05, 0.1) is 19.6 Å². The van der Waals surface area contributed by atoms with Gasteiger partial charge in [0, 0.05) is 19.6 Å². The second-order valence-corrected chi connectivity index (χ2v) is 7.12. The summed E-state index contributed by atoms with van der Waals surface area (Å²) in [6.45, 7) is 8.69. The fourth-order valence-electron chi connectivity index (χ4n) is 2.60. The maximum Gasteiger partial charge on any atom is 0.232 e. The average Bonchev–Trinajstić information content (AvgIpc) is 2.57. The van der Waals surface area contributed by atoms with Gasteiger partial charge in [-0.3, -0.25) is 4.79 Å². The molecule has 1 atom stereocenters. The second kappa shape index (κ2) is 9.88. The van der Waals surface area contributed by atoms with E-state index in [2.05, 4.69) is 13.8 Å². The molecule has 6 heteroatoms. The van der Waals surface area contributed by atoms with Crippen LogP contribution in [0.2, 0.25) is 0 Å². The van der Waals surface area contributed by atoms with Crippen molar-refractivity contribution in [2.24, 2.45) is 11.7 Å². The molecule has 0 spiro atoms. The second-order valence-electron chi connectivity index (χ2n) is 7.12. The smallest absolute Gasteiger partial charge is 0.232 e. The number of rotatable bonds is 8. The van der Waals surface area contributed by atoms with Gasteiger partial charge in [0.1, 0.15) is 0 Å². The molecular formula is C19H33ClN2O3. The molecular weight excluding hydrogens is 340 g/mol. The van der Waals surface area contributed by atoms with E-state index in [4.69, 9.17) is 15.2 Å². The van der Waals surface area contributed by atoms with Gasteiger partial charge in [0.25, 0.3) is 0 Å². The summed E-state index contributed by atoms with van der Waals surface area (Å²) < 4.78 is 10.6. The van der Waals surface area contributed by atoms with E-state index in [0.29, 0.717) is 24.0 Å². The van der Waals surface area contributed by atoms with Crippen LogP contribution in [0.15, 0.2) is 18.2 Å². The molecule has 0 heterocycles. The summed E-state index contributed by atoms with van der Waals surface area (Å²) in [6.07, 6.45) is 0.794. The van der Waals surface area contributed by atoms with Crippen LogP contribution in [0.25, 0.3) is 0 Å². The van der Waals surface area contributed by atoms with E-state index < -0.39 is 5.41 Å². The number of benzene rings is 1. The number of hydrogen-bond donors (Lipinski definition) is 1. The summed E-state index contributed by atoms with van der Waals surface area (Å²) in [5.41, 5.74) is 6.32. The van der Waals surface area contributed by atoms with Crippen LogP contribution in [0, 0.1) is 5.92 Å². The zero-order valence-electron chi connectivity index (χ0n) is 16.5. The van der Waals surface area contributed by atoms with Gasteiger partial charge in [-0.15, -0.1) is 12.4 Å². The summed E-state index contributed by atoms with van der Waals surface area (Å²) in [7, 11) is 5.02. The number of hydrogen-bond acceptors (Lipinski definition) is 4. The lowest BCUT2D eigenvalue weighted by molar-refractivity contribution is -0.135. The largest absolute Gasteiger partial charge is 0.493 e. The minimum atomic E-state index is -0.657. The number of carbonyl (C=O) groups excluding carboxylic acids is 1. The molecule has 0 aliphatic rings. The van der Waals surface area contributed by atoms with Crippen LogP contribution in [0.3, 0.4) is 0 Å². The summed E-state index contributed by atoms with van der Waals surface area (Å²) in [5.74, 6) is 1.75. The molecule has 1 unspecified atom stereocenters. The Labute approximate surface area is 158 Å². The minimum absolute atomic E-state index is 0. The lowest BCUT2D eigenvalue weighted by Gasteiger charge is -2.31. The Morgan fingerprint density at radius 1 is 1.20 bits per heavy atom. The molecule has 1 amide bonds. The number of ether oxygens (including phenoxy) is 2. The van der Waals surface area contributed by atoms with Gasteiger partial charge >= 0.3 is 0 Å². The van der Waals surface area contributed by atoms with E-state index in [0.717, 1.165) is 12.0 Å². The summed E-state index contributed by atoms with van der Waals surface area (Å²) in [6, 6.07) is 5.71. The lowest BCUT2D eigenvalue weighted by atomic mass is 9.83. The zero-order valence-corrected chi connectivity index (χ0v) is 17.3. The van der Waals surface area contributed by atoms with Crippen LogP contribution in [0.1, 0.15) is 39.7 Å². The van der Waals surface area contributed by atoms with E-state index >= 15 is 0 Å². The number of likely N-dealkylation sites (N-methyl/N-ethyl adjacent to an activating group) is 1. The van der Waals surface area contributed by atoms with Crippen molar-refractivity contribution in [3.05, 3.63) is 23.8 Å². The van der Waals surface area contributed by atoms with Crippen LogP contribution in [0.4, 0.5) is 0 Å². The number of methoxy groups -OCH3 is 2. The lowest BCUT2D eigenvalue weighted by Crippen LogP contribution is -2.43. The van der Waals surface area contributed by atoms with Crippen LogP contribution in [-0.4, -0.2) is 44.7 Å². The Balaban J connectivity index is 0.00000576.